The van der Waals surface area contributed by atoms with Crippen LogP contribution in [0, 0.1) is 21.7 Å². The minimum Gasteiger partial charge on any atom is -0.459 e. The molecular weight excluding hydrogens is 272 g/mol. The molecule has 0 fully saturated rings. The van der Waals surface area contributed by atoms with Gasteiger partial charge in [0.25, 0.3) is 0 Å². The molecule has 2 heteroatoms. The van der Waals surface area contributed by atoms with Gasteiger partial charge in [-0.2, -0.15) is 0 Å². The van der Waals surface area contributed by atoms with Crippen LogP contribution < -0.4 is 0 Å². The Hall–Kier alpha value is -0.530. The zero-order chi connectivity index (χ0) is 18.2. The van der Waals surface area contributed by atoms with Crippen LogP contribution in [0.5, 0.6) is 0 Å². The molecule has 0 amide bonds. The molecule has 0 aliphatic heterocycles. The van der Waals surface area contributed by atoms with Crippen molar-refractivity contribution in [3.63, 3.8) is 0 Å². The van der Waals surface area contributed by atoms with Crippen molar-refractivity contribution in [3.05, 3.63) is 0 Å². The van der Waals surface area contributed by atoms with Crippen molar-refractivity contribution < 1.29 is 9.53 Å². The highest BCUT2D eigenvalue weighted by Gasteiger charge is 2.49. The number of ether oxygens (including phenoxy) is 1. The fourth-order valence-corrected chi connectivity index (χ4v) is 3.38. The first-order chi connectivity index (χ1) is 9.29. The molecule has 0 heterocycles. The second-order valence-corrected chi connectivity index (χ2v) is 11.2. The number of rotatable bonds is 4. The van der Waals surface area contributed by atoms with Crippen molar-refractivity contribution >= 4 is 5.97 Å². The molecule has 0 saturated carbocycles. The van der Waals surface area contributed by atoms with Crippen molar-refractivity contribution in [3.8, 4) is 0 Å². The monoisotopic (exact) mass is 312 g/mol. The number of carbonyl (C=O) groups excluding carboxylic acids is 1. The van der Waals surface area contributed by atoms with E-state index in [1.54, 1.807) is 0 Å². The molecule has 1 unspecified atom stereocenters. The fourth-order valence-electron chi connectivity index (χ4n) is 3.38. The Balaban J connectivity index is 5.41. The summed E-state index contributed by atoms with van der Waals surface area (Å²) in [6.45, 7) is 25.6. The highest BCUT2D eigenvalue weighted by atomic mass is 16.6. The van der Waals surface area contributed by atoms with Gasteiger partial charge in [-0.15, -0.1) is 0 Å². The van der Waals surface area contributed by atoms with E-state index in [1.165, 1.54) is 0 Å². The molecule has 0 aliphatic rings. The lowest BCUT2D eigenvalue weighted by atomic mass is 9.61. The van der Waals surface area contributed by atoms with E-state index < -0.39 is 11.0 Å². The van der Waals surface area contributed by atoms with Crippen molar-refractivity contribution in [2.45, 2.75) is 102 Å². The lowest BCUT2D eigenvalue weighted by Gasteiger charge is -2.45. The smallest absolute Gasteiger partial charge is 0.312 e. The van der Waals surface area contributed by atoms with Crippen molar-refractivity contribution in [2.24, 2.45) is 21.7 Å². The van der Waals surface area contributed by atoms with Gasteiger partial charge in [-0.3, -0.25) is 4.79 Å². The quantitative estimate of drug-likeness (QED) is 0.575. The first-order valence-electron chi connectivity index (χ1n) is 8.53. The average Bonchev–Trinajstić information content (AvgIpc) is 2.06. The molecular formula is C20H40O2. The van der Waals surface area contributed by atoms with Gasteiger partial charge in [-0.05, 0) is 49.9 Å². The van der Waals surface area contributed by atoms with Gasteiger partial charge in [0, 0.05) is 0 Å². The molecule has 2 nitrogen and oxygen atoms in total. The number of hydrogen-bond donors (Lipinski definition) is 0. The Bertz CT molecular complexity index is 385. The predicted molar refractivity (Wildman–Crippen MR) is 95.9 cm³/mol. The summed E-state index contributed by atoms with van der Waals surface area (Å²) in [6.07, 6.45) is 1.66. The molecule has 0 N–H and O–H groups in total. The largest absolute Gasteiger partial charge is 0.459 e. The zero-order valence-electron chi connectivity index (χ0n) is 17.2. The predicted octanol–water partition coefficient (Wildman–Crippen LogP) is 6.23. The molecule has 0 spiro atoms. The van der Waals surface area contributed by atoms with Crippen LogP contribution in [0.1, 0.15) is 95.9 Å². The van der Waals surface area contributed by atoms with Crippen LogP contribution in [0.3, 0.4) is 0 Å². The second-order valence-electron chi connectivity index (χ2n) is 11.2. The highest BCUT2D eigenvalue weighted by Crippen LogP contribution is 2.48. The second kappa shape index (κ2) is 6.17. The fraction of sp³-hybridized carbons (Fsp3) is 0.950. The van der Waals surface area contributed by atoms with E-state index >= 15 is 0 Å². The summed E-state index contributed by atoms with van der Waals surface area (Å²) < 4.78 is 6.01. The molecule has 0 saturated heterocycles. The highest BCUT2D eigenvalue weighted by molar-refractivity contribution is 5.78. The molecule has 22 heavy (non-hydrogen) atoms. The van der Waals surface area contributed by atoms with Gasteiger partial charge in [-0.25, -0.2) is 0 Å². The average molecular weight is 313 g/mol. The summed E-state index contributed by atoms with van der Waals surface area (Å²) in [6, 6.07) is 0. The van der Waals surface area contributed by atoms with Crippen LogP contribution >= 0.6 is 0 Å². The standard InChI is InChI=1S/C20H40O2/c1-16(2,3)13-19(10,11)22-15(21)20(12,18(7,8)9)14-17(4,5)6/h13-14H2,1-12H3. The normalized spacial score (nSPS) is 17.1. The molecule has 132 valence electrons. The lowest BCUT2D eigenvalue weighted by molar-refractivity contribution is -0.180. The summed E-state index contributed by atoms with van der Waals surface area (Å²) in [5.41, 5.74) is -0.879. The third kappa shape index (κ3) is 6.71. The van der Waals surface area contributed by atoms with Crippen LogP contribution in [0.4, 0.5) is 0 Å². The molecule has 0 radical (unpaired) electrons. The van der Waals surface area contributed by atoms with Gasteiger partial charge in [0.05, 0.1) is 5.41 Å². The Morgan fingerprint density at radius 3 is 1.32 bits per heavy atom. The van der Waals surface area contributed by atoms with E-state index in [2.05, 4.69) is 69.2 Å². The third-order valence-electron chi connectivity index (χ3n) is 4.31. The van der Waals surface area contributed by atoms with Gasteiger partial charge in [-0.1, -0.05) is 62.3 Å². The molecule has 0 aliphatic carbocycles. The minimum absolute atomic E-state index is 0.0656. The van der Waals surface area contributed by atoms with Crippen LogP contribution in [0.25, 0.3) is 0 Å². The van der Waals surface area contributed by atoms with Crippen molar-refractivity contribution in [2.75, 3.05) is 0 Å². The molecule has 0 aromatic rings. The van der Waals surface area contributed by atoms with Crippen LogP contribution in [-0.2, 0) is 9.53 Å². The molecule has 0 bridgehead atoms. The Morgan fingerprint density at radius 1 is 0.682 bits per heavy atom. The van der Waals surface area contributed by atoms with Gasteiger partial charge in [0.2, 0.25) is 0 Å². The summed E-state index contributed by atoms with van der Waals surface area (Å²) in [5.74, 6) is -0.0656. The van der Waals surface area contributed by atoms with Gasteiger partial charge < -0.3 is 4.74 Å². The van der Waals surface area contributed by atoms with Crippen molar-refractivity contribution in [1.29, 1.82) is 0 Å². The number of hydrogen-bond acceptors (Lipinski definition) is 2. The van der Waals surface area contributed by atoms with Gasteiger partial charge in [0.1, 0.15) is 5.60 Å². The third-order valence-corrected chi connectivity index (χ3v) is 4.31. The molecule has 0 rings (SSSR count). The van der Waals surface area contributed by atoms with E-state index in [9.17, 15) is 4.79 Å². The van der Waals surface area contributed by atoms with E-state index in [0.29, 0.717) is 0 Å². The molecule has 1 atom stereocenters. The Morgan fingerprint density at radius 2 is 1.05 bits per heavy atom. The zero-order valence-corrected chi connectivity index (χ0v) is 17.2. The summed E-state index contributed by atoms with van der Waals surface area (Å²) in [5, 5.41) is 0. The van der Waals surface area contributed by atoms with Crippen LogP contribution in [0.15, 0.2) is 0 Å². The molecule has 0 aromatic heterocycles. The lowest BCUT2D eigenvalue weighted by Crippen LogP contribution is -2.47. The maximum atomic E-state index is 13.1. The minimum atomic E-state index is -0.500. The maximum absolute atomic E-state index is 13.1. The SMILES string of the molecule is CC(C)(C)CC(C)(C)OC(=O)C(C)(CC(C)(C)C)C(C)(C)C. The Kier molecular flexibility index (Phi) is 6.02. The summed E-state index contributed by atoms with van der Waals surface area (Å²) >= 11 is 0. The first kappa shape index (κ1) is 21.5. The van der Waals surface area contributed by atoms with E-state index in [-0.39, 0.29) is 22.2 Å². The Labute approximate surface area is 139 Å². The van der Waals surface area contributed by atoms with E-state index in [1.807, 2.05) is 13.8 Å². The number of esters is 1. The van der Waals surface area contributed by atoms with Gasteiger partial charge in [0.15, 0.2) is 0 Å². The van der Waals surface area contributed by atoms with E-state index in [4.69, 9.17) is 4.74 Å². The first-order valence-corrected chi connectivity index (χ1v) is 8.53. The van der Waals surface area contributed by atoms with Crippen LogP contribution in [-0.4, -0.2) is 11.6 Å². The molecule has 0 aromatic carbocycles. The van der Waals surface area contributed by atoms with Crippen molar-refractivity contribution in [1.82, 2.24) is 0 Å². The van der Waals surface area contributed by atoms with Crippen LogP contribution in [0.2, 0.25) is 0 Å². The van der Waals surface area contributed by atoms with E-state index in [0.717, 1.165) is 12.8 Å². The van der Waals surface area contributed by atoms with Gasteiger partial charge >= 0.3 is 5.97 Å². The summed E-state index contributed by atoms with van der Waals surface area (Å²) in [4.78, 5) is 13.1. The maximum Gasteiger partial charge on any atom is 0.312 e. The summed E-state index contributed by atoms with van der Waals surface area (Å²) in [7, 11) is 0. The number of carbonyl (C=O) groups is 1. The topological polar surface area (TPSA) is 26.3 Å².